The van der Waals surface area contributed by atoms with E-state index in [1.54, 1.807) is 0 Å². The van der Waals surface area contributed by atoms with Crippen LogP contribution in [0.15, 0.2) is 29.8 Å². The van der Waals surface area contributed by atoms with E-state index in [2.05, 4.69) is 23.1 Å². The van der Waals surface area contributed by atoms with Gasteiger partial charge in [0.1, 0.15) is 5.76 Å². The van der Waals surface area contributed by atoms with Crippen LogP contribution in [0.25, 0.3) is 5.76 Å². The largest absolute Gasteiger partial charge is 0.411 e. The molecular weight excluding hydrogens is 164 g/mol. The fraction of sp³-hybridized carbons (Fsp3) is 0.100. The van der Waals surface area contributed by atoms with Crippen molar-refractivity contribution in [1.82, 2.24) is 0 Å². The molecule has 0 saturated heterocycles. The summed E-state index contributed by atoms with van der Waals surface area (Å²) in [6.45, 7) is 9.08. The van der Waals surface area contributed by atoms with Crippen LogP contribution >= 0.6 is 0 Å². The first-order valence-corrected chi connectivity index (χ1v) is 3.82. The van der Waals surface area contributed by atoms with E-state index < -0.39 is 0 Å². The van der Waals surface area contributed by atoms with E-state index in [-0.39, 0.29) is 0 Å². The van der Waals surface area contributed by atoms with Crippen molar-refractivity contribution >= 4 is 18.2 Å². The Bertz CT molecular complexity index is 345. The highest BCUT2D eigenvalue weighted by atomic mass is 16.6. The maximum atomic E-state index is 5.02. The summed E-state index contributed by atoms with van der Waals surface area (Å²) in [5.74, 6) is 5.41. The molecule has 0 aliphatic heterocycles. The van der Waals surface area contributed by atoms with Gasteiger partial charge in [-0.05, 0) is 25.8 Å². The summed E-state index contributed by atoms with van der Waals surface area (Å²) < 4.78 is 0. The van der Waals surface area contributed by atoms with E-state index in [4.69, 9.17) is 5.90 Å². The molecule has 0 saturated carbocycles. The van der Waals surface area contributed by atoms with Crippen molar-refractivity contribution in [2.45, 2.75) is 6.92 Å². The molecule has 3 heteroatoms. The second kappa shape index (κ2) is 3.87. The third kappa shape index (κ3) is 1.95. The van der Waals surface area contributed by atoms with E-state index in [1.165, 1.54) is 0 Å². The van der Waals surface area contributed by atoms with Gasteiger partial charge < -0.3 is 4.84 Å². The Morgan fingerprint density at radius 1 is 1.54 bits per heavy atom. The minimum atomic E-state index is 0.395. The molecule has 0 amide bonds. The molecular formula is C10H12N2O. The highest BCUT2D eigenvalue weighted by molar-refractivity contribution is 5.71. The predicted octanol–water partition coefficient (Wildman–Crippen LogP) is 2.19. The molecule has 68 valence electrons. The molecule has 0 aliphatic rings. The lowest BCUT2D eigenvalue weighted by molar-refractivity contribution is 0.292. The summed E-state index contributed by atoms with van der Waals surface area (Å²) in [5, 5.41) is 0. The number of nitrogens with zero attached hydrogens (tertiary/aromatic N) is 1. The average molecular weight is 176 g/mol. The summed E-state index contributed by atoms with van der Waals surface area (Å²) in [6, 6.07) is 5.69. The van der Waals surface area contributed by atoms with Crippen molar-refractivity contribution in [3.05, 3.63) is 35.9 Å². The normalized spacial score (nSPS) is 9.38. The third-order valence-corrected chi connectivity index (χ3v) is 1.77. The first-order valence-electron chi connectivity index (χ1n) is 3.82. The number of rotatable bonds is 3. The lowest BCUT2D eigenvalue weighted by Crippen LogP contribution is -1.97. The van der Waals surface area contributed by atoms with Crippen LogP contribution in [0.5, 0.6) is 0 Å². The summed E-state index contributed by atoms with van der Waals surface area (Å²) in [7, 11) is 0. The number of aliphatic imine (C=N–C) groups is 1. The Morgan fingerprint density at radius 3 is 2.77 bits per heavy atom. The molecule has 0 bridgehead atoms. The Balaban J connectivity index is 3.23. The summed E-state index contributed by atoms with van der Waals surface area (Å²) >= 11 is 0. The second-order valence-electron chi connectivity index (χ2n) is 2.72. The molecule has 0 heterocycles. The van der Waals surface area contributed by atoms with Gasteiger partial charge in [0.05, 0.1) is 5.69 Å². The van der Waals surface area contributed by atoms with E-state index in [0.29, 0.717) is 5.76 Å². The molecule has 0 unspecified atom stereocenters. The number of nitrogens with two attached hydrogens (primary N) is 1. The molecule has 0 radical (unpaired) electrons. The zero-order chi connectivity index (χ0) is 9.84. The maximum absolute atomic E-state index is 5.02. The summed E-state index contributed by atoms with van der Waals surface area (Å²) in [6.07, 6.45) is 0. The fourth-order valence-corrected chi connectivity index (χ4v) is 1.07. The van der Waals surface area contributed by atoms with E-state index >= 15 is 0 Å². The van der Waals surface area contributed by atoms with Crippen LogP contribution in [0.3, 0.4) is 0 Å². The van der Waals surface area contributed by atoms with Gasteiger partial charge in [0.2, 0.25) is 0 Å². The van der Waals surface area contributed by atoms with Crippen molar-refractivity contribution in [2.24, 2.45) is 10.9 Å². The first-order chi connectivity index (χ1) is 6.19. The highest BCUT2D eigenvalue weighted by Gasteiger charge is 2.05. The second-order valence-corrected chi connectivity index (χ2v) is 2.72. The molecule has 3 nitrogen and oxygen atoms in total. The van der Waals surface area contributed by atoms with Gasteiger partial charge >= 0.3 is 0 Å². The smallest absolute Gasteiger partial charge is 0.149 e. The molecule has 1 rings (SSSR count). The predicted molar refractivity (Wildman–Crippen MR) is 54.7 cm³/mol. The van der Waals surface area contributed by atoms with Crippen LogP contribution in [0.1, 0.15) is 11.1 Å². The minimum absolute atomic E-state index is 0.395. The number of aryl methyl sites for hydroxylation is 1. The lowest BCUT2D eigenvalue weighted by Gasteiger charge is -2.07. The van der Waals surface area contributed by atoms with E-state index in [1.807, 2.05) is 25.1 Å². The van der Waals surface area contributed by atoms with Gasteiger partial charge in [0, 0.05) is 5.56 Å². The summed E-state index contributed by atoms with van der Waals surface area (Å²) in [5.41, 5.74) is 2.60. The number of benzene rings is 1. The average Bonchev–Trinajstić information content (AvgIpc) is 2.16. The van der Waals surface area contributed by atoms with Crippen molar-refractivity contribution in [2.75, 3.05) is 0 Å². The van der Waals surface area contributed by atoms with Gasteiger partial charge in [-0.2, -0.15) is 5.90 Å². The van der Waals surface area contributed by atoms with Crippen LogP contribution in [-0.2, 0) is 4.84 Å². The van der Waals surface area contributed by atoms with Crippen molar-refractivity contribution in [3.8, 4) is 0 Å². The monoisotopic (exact) mass is 176 g/mol. The van der Waals surface area contributed by atoms with Crippen LogP contribution in [-0.4, -0.2) is 6.72 Å². The number of hydrogen-bond donors (Lipinski definition) is 1. The minimum Gasteiger partial charge on any atom is -0.411 e. The molecule has 13 heavy (non-hydrogen) atoms. The molecule has 1 aromatic carbocycles. The van der Waals surface area contributed by atoms with Crippen LogP contribution in [0.4, 0.5) is 5.69 Å². The quantitative estimate of drug-likeness (QED) is 0.436. The lowest BCUT2D eigenvalue weighted by atomic mass is 10.1. The van der Waals surface area contributed by atoms with Gasteiger partial charge in [-0.1, -0.05) is 18.2 Å². The van der Waals surface area contributed by atoms with Gasteiger partial charge in [0.15, 0.2) is 0 Å². The van der Waals surface area contributed by atoms with Crippen LogP contribution in [0.2, 0.25) is 0 Å². The molecule has 1 aromatic rings. The van der Waals surface area contributed by atoms with Crippen LogP contribution < -0.4 is 5.90 Å². The molecule has 0 aromatic heterocycles. The maximum Gasteiger partial charge on any atom is 0.149 e. The third-order valence-electron chi connectivity index (χ3n) is 1.77. The molecule has 0 atom stereocenters. The van der Waals surface area contributed by atoms with Crippen molar-refractivity contribution in [1.29, 1.82) is 0 Å². The van der Waals surface area contributed by atoms with Gasteiger partial charge in [-0.15, -0.1) is 0 Å². The molecule has 0 spiro atoms. The van der Waals surface area contributed by atoms with Gasteiger partial charge in [-0.25, -0.2) is 0 Å². The highest BCUT2D eigenvalue weighted by Crippen LogP contribution is 2.25. The Hall–Kier alpha value is -1.61. The van der Waals surface area contributed by atoms with E-state index in [9.17, 15) is 0 Å². The van der Waals surface area contributed by atoms with Gasteiger partial charge in [0.25, 0.3) is 0 Å². The van der Waals surface area contributed by atoms with Crippen molar-refractivity contribution in [3.63, 3.8) is 0 Å². The van der Waals surface area contributed by atoms with Crippen molar-refractivity contribution < 1.29 is 4.84 Å². The van der Waals surface area contributed by atoms with E-state index in [0.717, 1.165) is 16.8 Å². The Labute approximate surface area is 77.5 Å². The Morgan fingerprint density at radius 2 is 2.23 bits per heavy atom. The topological polar surface area (TPSA) is 47.6 Å². The molecule has 0 fully saturated rings. The Kier molecular flexibility index (Phi) is 2.82. The zero-order valence-electron chi connectivity index (χ0n) is 7.58. The first kappa shape index (κ1) is 9.48. The SMILES string of the molecule is C=Nc1ccc(C)cc1C(=C)ON. The summed E-state index contributed by atoms with van der Waals surface area (Å²) in [4.78, 5) is 8.39. The number of hydrogen-bond acceptors (Lipinski definition) is 3. The molecule has 2 N–H and O–H groups in total. The molecule has 0 aliphatic carbocycles. The fourth-order valence-electron chi connectivity index (χ4n) is 1.07. The zero-order valence-corrected chi connectivity index (χ0v) is 7.58. The van der Waals surface area contributed by atoms with Gasteiger partial charge in [-0.3, -0.25) is 4.99 Å². The van der Waals surface area contributed by atoms with Crippen LogP contribution in [0, 0.1) is 6.92 Å². The standard InChI is InChI=1S/C10H12N2O/c1-7-4-5-10(12-3)9(6-7)8(2)13-11/h4-6H,2-3,11H2,1H3.